The van der Waals surface area contributed by atoms with Gasteiger partial charge in [-0.1, -0.05) is 19.3 Å². The molecule has 16 heavy (non-hydrogen) atoms. The second-order valence-electron chi connectivity index (χ2n) is 4.37. The minimum Gasteiger partial charge on any atom is -0.495 e. The number of hydrogen-bond donors (Lipinski definition) is 2. The summed E-state index contributed by atoms with van der Waals surface area (Å²) in [5, 5.41) is 0. The molecule has 0 aromatic carbocycles. The highest BCUT2D eigenvalue weighted by Crippen LogP contribution is 2.41. The molecule has 4 heteroatoms. The van der Waals surface area contributed by atoms with Crippen molar-refractivity contribution in [3.8, 4) is 5.75 Å². The van der Waals surface area contributed by atoms with Gasteiger partial charge in [0.05, 0.1) is 19.0 Å². The van der Waals surface area contributed by atoms with Crippen molar-refractivity contribution >= 4 is 11.5 Å². The predicted molar refractivity (Wildman–Crippen MR) is 65.4 cm³/mol. The van der Waals surface area contributed by atoms with E-state index in [4.69, 9.17) is 16.2 Å². The summed E-state index contributed by atoms with van der Waals surface area (Å²) in [6.07, 6.45) is 7.86. The Bertz CT molecular complexity index is 373. The van der Waals surface area contributed by atoms with Gasteiger partial charge in [-0.25, -0.2) is 4.98 Å². The Hall–Kier alpha value is -1.45. The lowest BCUT2D eigenvalue weighted by Crippen LogP contribution is -2.11. The van der Waals surface area contributed by atoms with E-state index in [1.165, 1.54) is 32.1 Å². The molecule has 1 fully saturated rings. The van der Waals surface area contributed by atoms with Crippen molar-refractivity contribution in [3.63, 3.8) is 0 Å². The number of methoxy groups -OCH3 is 1. The number of hydrogen-bond acceptors (Lipinski definition) is 4. The Morgan fingerprint density at radius 3 is 2.56 bits per heavy atom. The molecular formula is C12H19N3O. The minimum atomic E-state index is 0.418. The average Bonchev–Trinajstić information content (AvgIpc) is 2.33. The SMILES string of the molecule is COc1cnc(N)c(N)c1C1CCCCC1. The second-order valence-corrected chi connectivity index (χ2v) is 4.37. The van der Waals surface area contributed by atoms with Gasteiger partial charge in [0.1, 0.15) is 11.6 Å². The quantitative estimate of drug-likeness (QED) is 0.803. The zero-order valence-corrected chi connectivity index (χ0v) is 9.70. The summed E-state index contributed by atoms with van der Waals surface area (Å²) in [5.41, 5.74) is 13.4. The van der Waals surface area contributed by atoms with Crippen LogP contribution in [0.4, 0.5) is 11.5 Å². The van der Waals surface area contributed by atoms with Crippen LogP contribution < -0.4 is 16.2 Å². The van der Waals surface area contributed by atoms with Crippen LogP contribution in [0.25, 0.3) is 0 Å². The average molecular weight is 221 g/mol. The van der Waals surface area contributed by atoms with Gasteiger partial charge in [0, 0.05) is 5.56 Å². The van der Waals surface area contributed by atoms with Crippen molar-refractivity contribution in [2.24, 2.45) is 0 Å². The molecule has 1 aromatic heterocycles. The number of anilines is 2. The molecule has 0 bridgehead atoms. The van der Waals surface area contributed by atoms with Crippen LogP contribution in [0.15, 0.2) is 6.20 Å². The van der Waals surface area contributed by atoms with Gasteiger partial charge in [-0.2, -0.15) is 0 Å². The summed E-state index contributed by atoms with van der Waals surface area (Å²) >= 11 is 0. The van der Waals surface area contributed by atoms with E-state index < -0.39 is 0 Å². The van der Waals surface area contributed by atoms with E-state index in [1.807, 2.05) is 0 Å². The second kappa shape index (κ2) is 4.60. The third-order valence-corrected chi connectivity index (χ3v) is 3.39. The number of pyridine rings is 1. The van der Waals surface area contributed by atoms with Crippen molar-refractivity contribution in [1.29, 1.82) is 0 Å². The molecule has 0 aliphatic heterocycles. The molecule has 2 rings (SSSR count). The van der Waals surface area contributed by atoms with E-state index in [1.54, 1.807) is 13.3 Å². The first-order valence-electron chi connectivity index (χ1n) is 5.82. The molecule has 1 aromatic rings. The molecule has 1 saturated carbocycles. The summed E-state index contributed by atoms with van der Waals surface area (Å²) in [6.45, 7) is 0. The van der Waals surface area contributed by atoms with E-state index in [2.05, 4.69) is 4.98 Å². The van der Waals surface area contributed by atoms with Gasteiger partial charge in [-0.05, 0) is 18.8 Å². The van der Waals surface area contributed by atoms with Crippen molar-refractivity contribution in [2.45, 2.75) is 38.0 Å². The topological polar surface area (TPSA) is 74.2 Å². The summed E-state index contributed by atoms with van der Waals surface area (Å²) < 4.78 is 5.34. The summed E-state index contributed by atoms with van der Waals surface area (Å²) in [4.78, 5) is 4.03. The van der Waals surface area contributed by atoms with Gasteiger partial charge < -0.3 is 16.2 Å². The molecule has 88 valence electrons. The lowest BCUT2D eigenvalue weighted by Gasteiger charge is -2.25. The molecular weight excluding hydrogens is 202 g/mol. The van der Waals surface area contributed by atoms with Crippen LogP contribution >= 0.6 is 0 Å². The number of rotatable bonds is 2. The van der Waals surface area contributed by atoms with Crippen molar-refractivity contribution in [2.75, 3.05) is 18.6 Å². The Balaban J connectivity index is 2.39. The van der Waals surface area contributed by atoms with E-state index in [9.17, 15) is 0 Å². The van der Waals surface area contributed by atoms with Gasteiger partial charge in [-0.15, -0.1) is 0 Å². The fourth-order valence-electron chi connectivity index (χ4n) is 2.51. The molecule has 0 radical (unpaired) electrons. The maximum absolute atomic E-state index is 6.02. The number of nitrogens with zero attached hydrogens (tertiary/aromatic N) is 1. The number of ether oxygens (including phenoxy) is 1. The monoisotopic (exact) mass is 221 g/mol. The molecule has 0 spiro atoms. The van der Waals surface area contributed by atoms with Crippen molar-refractivity contribution in [3.05, 3.63) is 11.8 Å². The standard InChI is InChI=1S/C12H19N3O/c1-16-9-7-15-12(14)11(13)10(9)8-5-3-2-4-6-8/h7-8H,2-6,13H2,1H3,(H2,14,15). The molecule has 4 nitrogen and oxygen atoms in total. The summed E-state index contributed by atoms with van der Waals surface area (Å²) in [6, 6.07) is 0. The smallest absolute Gasteiger partial charge is 0.147 e. The fourth-order valence-corrected chi connectivity index (χ4v) is 2.51. The maximum Gasteiger partial charge on any atom is 0.147 e. The highest BCUT2D eigenvalue weighted by atomic mass is 16.5. The molecule has 0 atom stereocenters. The third kappa shape index (κ3) is 1.92. The molecule has 1 aliphatic carbocycles. The van der Waals surface area contributed by atoms with Crippen molar-refractivity contribution < 1.29 is 4.74 Å². The third-order valence-electron chi connectivity index (χ3n) is 3.39. The molecule has 0 unspecified atom stereocenters. The zero-order chi connectivity index (χ0) is 11.5. The minimum absolute atomic E-state index is 0.418. The van der Waals surface area contributed by atoms with Gasteiger partial charge in [0.25, 0.3) is 0 Å². The highest BCUT2D eigenvalue weighted by Gasteiger charge is 2.23. The van der Waals surface area contributed by atoms with E-state index in [0.29, 0.717) is 17.4 Å². The Kier molecular flexibility index (Phi) is 3.17. The van der Waals surface area contributed by atoms with Crippen molar-refractivity contribution in [1.82, 2.24) is 4.98 Å². The lowest BCUT2D eigenvalue weighted by atomic mass is 9.83. The van der Waals surface area contributed by atoms with Gasteiger partial charge in [0.2, 0.25) is 0 Å². The predicted octanol–water partition coefficient (Wildman–Crippen LogP) is 2.30. The Labute approximate surface area is 96.0 Å². The van der Waals surface area contributed by atoms with Crippen LogP contribution in [0.3, 0.4) is 0 Å². The Morgan fingerprint density at radius 1 is 1.25 bits per heavy atom. The molecule has 4 N–H and O–H groups in total. The van der Waals surface area contributed by atoms with Crippen LogP contribution in [-0.4, -0.2) is 12.1 Å². The van der Waals surface area contributed by atoms with Gasteiger partial charge in [0.15, 0.2) is 0 Å². The first-order chi connectivity index (χ1) is 7.74. The summed E-state index contributed by atoms with van der Waals surface area (Å²) in [5.74, 6) is 1.67. The maximum atomic E-state index is 6.02. The fraction of sp³-hybridized carbons (Fsp3) is 0.583. The van der Waals surface area contributed by atoms with Crippen LogP contribution in [0.1, 0.15) is 43.6 Å². The first-order valence-corrected chi connectivity index (χ1v) is 5.82. The number of nitrogens with two attached hydrogens (primary N) is 2. The lowest BCUT2D eigenvalue weighted by molar-refractivity contribution is 0.386. The number of aromatic nitrogens is 1. The Morgan fingerprint density at radius 2 is 1.94 bits per heavy atom. The molecule has 1 aliphatic rings. The van der Waals surface area contributed by atoms with Crippen LogP contribution in [-0.2, 0) is 0 Å². The number of nitrogen functional groups attached to an aromatic ring is 2. The van der Waals surface area contributed by atoms with Crippen LogP contribution in [0, 0.1) is 0 Å². The van der Waals surface area contributed by atoms with Crippen LogP contribution in [0.2, 0.25) is 0 Å². The van der Waals surface area contributed by atoms with Gasteiger partial charge in [-0.3, -0.25) is 0 Å². The summed E-state index contributed by atoms with van der Waals surface area (Å²) in [7, 11) is 1.65. The largest absolute Gasteiger partial charge is 0.495 e. The highest BCUT2D eigenvalue weighted by molar-refractivity contribution is 5.67. The van der Waals surface area contributed by atoms with E-state index >= 15 is 0 Å². The molecule has 0 saturated heterocycles. The molecule has 0 amide bonds. The normalized spacial score (nSPS) is 17.3. The van der Waals surface area contributed by atoms with Crippen LogP contribution in [0.5, 0.6) is 5.75 Å². The van der Waals surface area contributed by atoms with E-state index in [0.717, 1.165) is 11.3 Å². The molecule has 1 heterocycles. The van der Waals surface area contributed by atoms with Gasteiger partial charge >= 0.3 is 0 Å². The first kappa shape index (κ1) is 11.0. The van der Waals surface area contributed by atoms with E-state index in [-0.39, 0.29) is 0 Å². The zero-order valence-electron chi connectivity index (χ0n) is 9.70.